The van der Waals surface area contributed by atoms with E-state index in [0.29, 0.717) is 19.6 Å². The van der Waals surface area contributed by atoms with Crippen molar-refractivity contribution in [1.29, 1.82) is 0 Å². The number of ether oxygens (including phenoxy) is 1. The predicted octanol–water partition coefficient (Wildman–Crippen LogP) is 3.71. The van der Waals surface area contributed by atoms with Gasteiger partial charge in [0.05, 0.1) is 11.5 Å². The SMILES string of the molecule is CC1(C)C(/C=C/C=C/NC2=CC=C[C+]=C2)=[N+](CCOC=O)c2ccccc21. The van der Waals surface area contributed by atoms with Gasteiger partial charge < -0.3 is 10.1 Å². The molecule has 0 unspecified atom stereocenters. The first-order chi connectivity index (χ1) is 13.1. The third kappa shape index (κ3) is 4.13. The fourth-order valence-corrected chi connectivity index (χ4v) is 3.40. The number of benzene rings is 1. The Morgan fingerprint density at radius 2 is 2.11 bits per heavy atom. The van der Waals surface area contributed by atoms with Crippen molar-refractivity contribution < 1.29 is 14.1 Å². The summed E-state index contributed by atoms with van der Waals surface area (Å²) in [5.74, 6) is 0. The summed E-state index contributed by atoms with van der Waals surface area (Å²) in [6.07, 6.45) is 18.8. The van der Waals surface area contributed by atoms with Gasteiger partial charge in [-0.1, -0.05) is 24.3 Å². The lowest BCUT2D eigenvalue weighted by Crippen LogP contribution is -2.28. The zero-order chi connectivity index (χ0) is 19.1. The smallest absolute Gasteiger partial charge is 0.293 e. The van der Waals surface area contributed by atoms with E-state index in [-0.39, 0.29) is 5.41 Å². The van der Waals surface area contributed by atoms with Gasteiger partial charge in [0, 0.05) is 36.1 Å². The number of allylic oxidation sites excluding steroid dienone is 8. The summed E-state index contributed by atoms with van der Waals surface area (Å²) in [5.41, 5.74) is 4.49. The standard InChI is InChI=1S/C23H23N2O2/c1-23(2)20-12-6-7-13-21(20)25(16-17-27-18-26)22(23)14-8-9-15-24-19-10-4-3-5-11-19/h3-4,6-15,18H,16-17H2,1-2H3/q+1/p+1. The van der Waals surface area contributed by atoms with Crippen LogP contribution in [0.1, 0.15) is 19.4 Å². The molecule has 0 bridgehead atoms. The second kappa shape index (κ2) is 8.43. The van der Waals surface area contributed by atoms with Crippen LogP contribution in [0.5, 0.6) is 0 Å². The topological polar surface area (TPSA) is 41.3 Å². The Morgan fingerprint density at radius 1 is 1.26 bits per heavy atom. The third-order valence-corrected chi connectivity index (χ3v) is 4.72. The summed E-state index contributed by atoms with van der Waals surface area (Å²) in [7, 11) is 0. The van der Waals surface area contributed by atoms with E-state index in [1.165, 1.54) is 17.0 Å². The number of hydrogen-bond acceptors (Lipinski definition) is 3. The molecular formula is C23H24N2O2+2. The van der Waals surface area contributed by atoms with Gasteiger partial charge in [-0.05, 0) is 19.9 Å². The summed E-state index contributed by atoms with van der Waals surface area (Å²) in [5, 5.41) is 3.22. The zero-order valence-corrected chi connectivity index (χ0v) is 15.7. The van der Waals surface area contributed by atoms with Crippen LogP contribution in [0.2, 0.25) is 0 Å². The van der Waals surface area contributed by atoms with Gasteiger partial charge in [0.25, 0.3) is 6.47 Å². The van der Waals surface area contributed by atoms with Gasteiger partial charge in [0.2, 0.25) is 5.69 Å². The molecule has 0 aromatic heterocycles. The van der Waals surface area contributed by atoms with E-state index in [1.807, 2.05) is 48.7 Å². The van der Waals surface area contributed by atoms with E-state index in [9.17, 15) is 4.79 Å². The van der Waals surface area contributed by atoms with Crippen molar-refractivity contribution in [2.45, 2.75) is 19.3 Å². The van der Waals surface area contributed by atoms with Crippen LogP contribution in [0.25, 0.3) is 0 Å². The quantitative estimate of drug-likeness (QED) is 0.253. The largest absolute Gasteiger partial charge is 0.461 e. The number of carbonyl (C=O) groups excluding carboxylic acids is 1. The van der Waals surface area contributed by atoms with Crippen molar-refractivity contribution in [2.75, 3.05) is 13.2 Å². The van der Waals surface area contributed by atoms with Crippen molar-refractivity contribution >= 4 is 17.9 Å². The Morgan fingerprint density at radius 3 is 2.89 bits per heavy atom. The maximum Gasteiger partial charge on any atom is 0.293 e. The number of carbonyl (C=O) groups is 1. The van der Waals surface area contributed by atoms with Crippen molar-refractivity contribution in [3.8, 4) is 0 Å². The Kier molecular flexibility index (Phi) is 5.80. The minimum absolute atomic E-state index is 0.121. The minimum atomic E-state index is -0.121. The molecule has 27 heavy (non-hydrogen) atoms. The number of nitrogens with zero attached hydrogens (tertiary/aromatic N) is 1. The fraction of sp³-hybridized carbons (Fsp3) is 0.217. The van der Waals surface area contributed by atoms with E-state index in [1.54, 1.807) is 0 Å². The molecule has 0 saturated heterocycles. The van der Waals surface area contributed by atoms with Crippen LogP contribution in [0.4, 0.5) is 5.69 Å². The summed E-state index contributed by atoms with van der Waals surface area (Å²) < 4.78 is 7.16. The van der Waals surface area contributed by atoms with Crippen molar-refractivity contribution in [1.82, 2.24) is 5.32 Å². The number of fused-ring (bicyclic) bond motifs is 1. The normalized spacial score (nSPS) is 17.2. The fourth-order valence-electron chi connectivity index (χ4n) is 3.40. The molecule has 1 aromatic carbocycles. The third-order valence-electron chi connectivity index (χ3n) is 4.72. The molecule has 0 atom stereocenters. The number of rotatable bonds is 8. The van der Waals surface area contributed by atoms with Crippen molar-refractivity contribution in [2.24, 2.45) is 0 Å². The van der Waals surface area contributed by atoms with Gasteiger partial charge >= 0.3 is 0 Å². The van der Waals surface area contributed by atoms with E-state index < -0.39 is 0 Å². The molecule has 0 saturated carbocycles. The van der Waals surface area contributed by atoms with Crippen molar-refractivity contribution in [3.63, 3.8) is 0 Å². The van der Waals surface area contributed by atoms with Gasteiger partial charge in [-0.3, -0.25) is 4.79 Å². The zero-order valence-electron chi connectivity index (χ0n) is 15.7. The van der Waals surface area contributed by atoms with Gasteiger partial charge in [-0.2, -0.15) is 4.58 Å². The molecule has 0 fully saturated rings. The van der Waals surface area contributed by atoms with Crippen LogP contribution in [0.3, 0.4) is 0 Å². The Labute approximate surface area is 160 Å². The molecule has 0 amide bonds. The van der Waals surface area contributed by atoms with E-state index in [0.717, 1.165) is 5.70 Å². The molecule has 4 nitrogen and oxygen atoms in total. The summed E-state index contributed by atoms with van der Waals surface area (Å²) in [4.78, 5) is 10.5. The van der Waals surface area contributed by atoms with Crippen LogP contribution in [-0.4, -0.2) is 29.9 Å². The molecule has 1 aliphatic heterocycles. The molecule has 3 rings (SSSR count). The molecule has 1 heterocycles. The average molecular weight is 360 g/mol. The van der Waals surface area contributed by atoms with Crippen LogP contribution in [-0.2, 0) is 14.9 Å². The summed E-state index contributed by atoms with van der Waals surface area (Å²) in [6, 6.07) is 8.37. The predicted molar refractivity (Wildman–Crippen MR) is 108 cm³/mol. The van der Waals surface area contributed by atoms with E-state index >= 15 is 0 Å². The van der Waals surface area contributed by atoms with Crippen LogP contribution in [0, 0.1) is 6.08 Å². The minimum Gasteiger partial charge on any atom is -0.461 e. The molecule has 0 radical (unpaired) electrons. The lowest BCUT2D eigenvalue weighted by Gasteiger charge is -2.15. The Balaban J connectivity index is 1.80. The molecule has 2 aliphatic rings. The maximum absolute atomic E-state index is 10.5. The molecule has 0 spiro atoms. The summed E-state index contributed by atoms with van der Waals surface area (Å²) in [6.45, 7) is 5.91. The highest BCUT2D eigenvalue weighted by atomic mass is 16.5. The first-order valence-corrected chi connectivity index (χ1v) is 9.00. The molecule has 1 aliphatic carbocycles. The lowest BCUT2D eigenvalue weighted by molar-refractivity contribution is -0.440. The average Bonchev–Trinajstić information content (AvgIpc) is 2.90. The number of nitrogens with one attached hydrogen (secondary N) is 1. The van der Waals surface area contributed by atoms with Gasteiger partial charge in [0.1, 0.15) is 18.8 Å². The second-order valence-corrected chi connectivity index (χ2v) is 6.80. The maximum atomic E-state index is 10.5. The van der Waals surface area contributed by atoms with Crippen LogP contribution in [0.15, 0.2) is 78.7 Å². The molecule has 1 aromatic rings. The highest BCUT2D eigenvalue weighted by Crippen LogP contribution is 2.39. The Bertz CT molecular complexity index is 883. The number of para-hydroxylation sites is 1. The van der Waals surface area contributed by atoms with Crippen LogP contribution >= 0.6 is 0 Å². The monoisotopic (exact) mass is 360 g/mol. The second-order valence-electron chi connectivity index (χ2n) is 6.80. The van der Waals surface area contributed by atoms with Crippen LogP contribution < -0.4 is 5.32 Å². The van der Waals surface area contributed by atoms with E-state index in [4.69, 9.17) is 4.74 Å². The highest BCUT2D eigenvalue weighted by Gasteiger charge is 2.43. The first kappa shape index (κ1) is 18.6. The molecule has 1 N–H and O–H groups in total. The van der Waals surface area contributed by atoms with Gasteiger partial charge in [-0.15, -0.1) is 0 Å². The lowest BCUT2D eigenvalue weighted by atomic mass is 9.81. The molecule has 136 valence electrons. The highest BCUT2D eigenvalue weighted by molar-refractivity contribution is 6.03. The van der Waals surface area contributed by atoms with E-state index in [2.05, 4.69) is 54.1 Å². The van der Waals surface area contributed by atoms with Gasteiger partial charge in [-0.25, -0.2) is 0 Å². The molecule has 4 heteroatoms. The Hall–Kier alpha value is -3.23. The van der Waals surface area contributed by atoms with Gasteiger partial charge in [0.15, 0.2) is 18.0 Å². The number of hydrogen-bond donors (Lipinski definition) is 1. The molecular weight excluding hydrogens is 336 g/mol. The van der Waals surface area contributed by atoms with Crippen molar-refractivity contribution in [3.05, 3.63) is 90.3 Å². The first-order valence-electron chi connectivity index (χ1n) is 9.00. The summed E-state index contributed by atoms with van der Waals surface area (Å²) >= 11 is 0.